The van der Waals surface area contributed by atoms with E-state index < -0.39 is 0 Å². The summed E-state index contributed by atoms with van der Waals surface area (Å²) >= 11 is 0. The number of benzene rings is 1. The lowest BCUT2D eigenvalue weighted by Crippen LogP contribution is -2.57. The fourth-order valence-electron chi connectivity index (χ4n) is 5.64. The van der Waals surface area contributed by atoms with Crippen LogP contribution in [0.25, 0.3) is 0 Å². The van der Waals surface area contributed by atoms with Crippen LogP contribution in [0.5, 0.6) is 0 Å². The van der Waals surface area contributed by atoms with E-state index in [-0.39, 0.29) is 0 Å². The molecule has 2 saturated carbocycles. The highest BCUT2D eigenvalue weighted by molar-refractivity contribution is 5.38. The Bertz CT molecular complexity index is 482. The van der Waals surface area contributed by atoms with Crippen molar-refractivity contribution in [2.75, 3.05) is 6.54 Å². The summed E-state index contributed by atoms with van der Waals surface area (Å²) in [5, 5.41) is 4.10. The van der Waals surface area contributed by atoms with Crippen molar-refractivity contribution in [1.29, 1.82) is 0 Å². The molecule has 1 unspecified atom stereocenters. The molecule has 1 atom stereocenters. The van der Waals surface area contributed by atoms with Crippen molar-refractivity contribution >= 4 is 0 Å². The molecule has 1 N–H and O–H groups in total. The standard InChI is InChI=1S/C20H29N/c1-2-9-17(10-3-1)20(18-11-5-6-12-18)19-13-7-4-8-16(19)14-15-21-20/h4,7-8,13,17-18,21H,1-3,5-6,9-12,14-15H2. The topological polar surface area (TPSA) is 12.0 Å². The van der Waals surface area contributed by atoms with Gasteiger partial charge in [-0.1, -0.05) is 56.4 Å². The van der Waals surface area contributed by atoms with Crippen molar-refractivity contribution in [3.05, 3.63) is 35.4 Å². The van der Waals surface area contributed by atoms with Crippen molar-refractivity contribution in [1.82, 2.24) is 5.32 Å². The van der Waals surface area contributed by atoms with Crippen LogP contribution < -0.4 is 5.32 Å². The van der Waals surface area contributed by atoms with E-state index in [4.69, 9.17) is 0 Å². The molecule has 3 aliphatic rings. The average Bonchev–Trinajstić information content (AvgIpc) is 3.10. The highest BCUT2D eigenvalue weighted by atomic mass is 15.0. The Balaban J connectivity index is 1.80. The molecular formula is C20H29N. The van der Waals surface area contributed by atoms with Gasteiger partial charge >= 0.3 is 0 Å². The van der Waals surface area contributed by atoms with E-state index in [0.29, 0.717) is 5.54 Å². The first kappa shape index (κ1) is 13.8. The molecule has 21 heavy (non-hydrogen) atoms. The predicted octanol–water partition coefficient (Wildman–Crippen LogP) is 4.80. The summed E-state index contributed by atoms with van der Waals surface area (Å²) in [5.74, 6) is 1.75. The number of rotatable bonds is 2. The summed E-state index contributed by atoms with van der Waals surface area (Å²) < 4.78 is 0. The Morgan fingerprint density at radius 2 is 1.43 bits per heavy atom. The van der Waals surface area contributed by atoms with E-state index in [9.17, 15) is 0 Å². The summed E-state index contributed by atoms with van der Waals surface area (Å²) in [7, 11) is 0. The van der Waals surface area contributed by atoms with Crippen LogP contribution >= 0.6 is 0 Å². The first-order valence-electron chi connectivity index (χ1n) is 9.24. The monoisotopic (exact) mass is 283 g/mol. The highest BCUT2D eigenvalue weighted by Crippen LogP contribution is 2.51. The average molecular weight is 283 g/mol. The molecule has 0 radical (unpaired) electrons. The molecule has 0 saturated heterocycles. The Hall–Kier alpha value is -0.820. The minimum Gasteiger partial charge on any atom is -0.307 e. The maximum absolute atomic E-state index is 4.10. The zero-order valence-electron chi connectivity index (χ0n) is 13.2. The molecular weight excluding hydrogens is 254 g/mol. The van der Waals surface area contributed by atoms with E-state index >= 15 is 0 Å². The molecule has 1 aromatic carbocycles. The predicted molar refractivity (Wildman–Crippen MR) is 88.4 cm³/mol. The SMILES string of the molecule is c1ccc2c(c1)CCNC2(C1CCCCC1)C1CCCC1. The molecule has 114 valence electrons. The number of hydrogen-bond acceptors (Lipinski definition) is 1. The Morgan fingerprint density at radius 3 is 2.14 bits per heavy atom. The molecule has 0 bridgehead atoms. The van der Waals surface area contributed by atoms with Crippen LogP contribution in [-0.2, 0) is 12.0 Å². The van der Waals surface area contributed by atoms with Crippen LogP contribution in [0.4, 0.5) is 0 Å². The van der Waals surface area contributed by atoms with E-state index in [1.54, 1.807) is 11.1 Å². The van der Waals surface area contributed by atoms with Gasteiger partial charge in [-0.3, -0.25) is 0 Å². The Labute approximate surface area is 129 Å². The third kappa shape index (κ3) is 2.25. The van der Waals surface area contributed by atoms with Gasteiger partial charge in [0.15, 0.2) is 0 Å². The molecule has 1 aliphatic heterocycles. The quantitative estimate of drug-likeness (QED) is 0.822. The lowest BCUT2D eigenvalue weighted by molar-refractivity contribution is 0.0844. The molecule has 1 heteroatoms. The summed E-state index contributed by atoms with van der Waals surface area (Å²) in [6.45, 7) is 1.18. The highest BCUT2D eigenvalue weighted by Gasteiger charge is 2.49. The fourth-order valence-corrected chi connectivity index (χ4v) is 5.64. The first-order valence-corrected chi connectivity index (χ1v) is 9.24. The van der Waals surface area contributed by atoms with Crippen molar-refractivity contribution in [3.8, 4) is 0 Å². The smallest absolute Gasteiger partial charge is 0.0494 e. The van der Waals surface area contributed by atoms with Crippen LogP contribution in [0.1, 0.15) is 68.9 Å². The molecule has 1 aromatic rings. The summed E-state index contributed by atoms with van der Waals surface area (Å²) in [4.78, 5) is 0. The summed E-state index contributed by atoms with van der Waals surface area (Å²) in [6.07, 6.45) is 14.2. The second-order valence-electron chi connectivity index (χ2n) is 7.52. The number of nitrogens with one attached hydrogen (secondary N) is 1. The van der Waals surface area contributed by atoms with Gasteiger partial charge in [0.05, 0.1) is 0 Å². The van der Waals surface area contributed by atoms with Gasteiger partial charge in [-0.2, -0.15) is 0 Å². The van der Waals surface area contributed by atoms with Crippen LogP contribution in [0, 0.1) is 11.8 Å². The van der Waals surface area contributed by atoms with Gasteiger partial charge in [-0.05, 0) is 55.1 Å². The second kappa shape index (κ2) is 5.76. The molecule has 4 rings (SSSR count). The molecule has 0 aromatic heterocycles. The van der Waals surface area contributed by atoms with Crippen molar-refractivity contribution in [2.45, 2.75) is 69.7 Å². The first-order chi connectivity index (χ1) is 10.4. The van der Waals surface area contributed by atoms with Gasteiger partial charge in [0.25, 0.3) is 0 Å². The van der Waals surface area contributed by atoms with Gasteiger partial charge < -0.3 is 5.32 Å². The third-order valence-electron chi connectivity index (χ3n) is 6.52. The minimum absolute atomic E-state index is 0.311. The van der Waals surface area contributed by atoms with Crippen molar-refractivity contribution in [2.24, 2.45) is 11.8 Å². The molecule has 2 fully saturated rings. The summed E-state index contributed by atoms with van der Waals surface area (Å²) in [5.41, 5.74) is 3.62. The zero-order valence-corrected chi connectivity index (χ0v) is 13.2. The molecule has 0 amide bonds. The third-order valence-corrected chi connectivity index (χ3v) is 6.52. The van der Waals surface area contributed by atoms with Gasteiger partial charge in [0.2, 0.25) is 0 Å². The maximum Gasteiger partial charge on any atom is 0.0494 e. The van der Waals surface area contributed by atoms with E-state index in [1.807, 2.05) is 0 Å². The van der Waals surface area contributed by atoms with Gasteiger partial charge in [-0.25, -0.2) is 0 Å². The normalized spacial score (nSPS) is 31.2. The molecule has 1 nitrogen and oxygen atoms in total. The lowest BCUT2D eigenvalue weighted by Gasteiger charge is -2.51. The van der Waals surface area contributed by atoms with Crippen LogP contribution in [0.2, 0.25) is 0 Å². The lowest BCUT2D eigenvalue weighted by atomic mass is 9.62. The van der Waals surface area contributed by atoms with E-state index in [1.165, 1.54) is 70.8 Å². The zero-order chi connectivity index (χ0) is 14.1. The molecule has 1 heterocycles. The number of fused-ring (bicyclic) bond motifs is 1. The fraction of sp³-hybridized carbons (Fsp3) is 0.700. The van der Waals surface area contributed by atoms with E-state index in [0.717, 1.165) is 11.8 Å². The Morgan fingerprint density at radius 1 is 0.810 bits per heavy atom. The largest absolute Gasteiger partial charge is 0.307 e. The summed E-state index contributed by atoms with van der Waals surface area (Å²) in [6, 6.07) is 9.36. The van der Waals surface area contributed by atoms with Crippen molar-refractivity contribution in [3.63, 3.8) is 0 Å². The van der Waals surface area contributed by atoms with Crippen LogP contribution in [-0.4, -0.2) is 6.54 Å². The van der Waals surface area contributed by atoms with Crippen molar-refractivity contribution < 1.29 is 0 Å². The van der Waals surface area contributed by atoms with Crippen LogP contribution in [0.15, 0.2) is 24.3 Å². The van der Waals surface area contributed by atoms with Gasteiger partial charge in [0.1, 0.15) is 0 Å². The maximum atomic E-state index is 4.10. The van der Waals surface area contributed by atoms with E-state index in [2.05, 4.69) is 29.6 Å². The van der Waals surface area contributed by atoms with Crippen LogP contribution in [0.3, 0.4) is 0 Å². The van der Waals surface area contributed by atoms with Gasteiger partial charge in [0, 0.05) is 12.1 Å². The second-order valence-corrected chi connectivity index (χ2v) is 7.52. The molecule has 0 spiro atoms. The molecule has 2 aliphatic carbocycles. The Kier molecular flexibility index (Phi) is 3.79. The minimum atomic E-state index is 0.311. The van der Waals surface area contributed by atoms with Gasteiger partial charge in [-0.15, -0.1) is 0 Å². The number of hydrogen-bond donors (Lipinski definition) is 1.